The SMILES string of the molecule is CN=C(NCc1ccc(S(=O)(=O)NCC2CCCO2)cc1)NCc1ccc(F)c(C)c1. The molecular weight excluding hydrogens is 419 g/mol. The van der Waals surface area contributed by atoms with E-state index in [1.54, 1.807) is 50.4 Å². The molecule has 0 aromatic heterocycles. The maximum atomic E-state index is 13.4. The minimum atomic E-state index is -3.56. The van der Waals surface area contributed by atoms with Crippen molar-refractivity contribution in [3.05, 3.63) is 65.0 Å². The number of aliphatic imine (C=N–C) groups is 1. The van der Waals surface area contributed by atoms with Crippen molar-refractivity contribution in [3.8, 4) is 0 Å². The lowest BCUT2D eigenvalue weighted by molar-refractivity contribution is 0.114. The summed E-state index contributed by atoms with van der Waals surface area (Å²) in [5.41, 5.74) is 2.47. The number of ether oxygens (including phenoxy) is 1. The summed E-state index contributed by atoms with van der Waals surface area (Å²) in [4.78, 5) is 4.41. The predicted molar refractivity (Wildman–Crippen MR) is 119 cm³/mol. The fourth-order valence-corrected chi connectivity index (χ4v) is 4.35. The van der Waals surface area contributed by atoms with Crippen LogP contribution in [0, 0.1) is 12.7 Å². The first-order valence-electron chi connectivity index (χ1n) is 10.3. The highest BCUT2D eigenvalue weighted by Crippen LogP contribution is 2.14. The molecule has 3 N–H and O–H groups in total. The van der Waals surface area contributed by atoms with Crippen molar-refractivity contribution in [3.63, 3.8) is 0 Å². The minimum Gasteiger partial charge on any atom is -0.377 e. The summed E-state index contributed by atoms with van der Waals surface area (Å²) in [6.07, 6.45) is 1.80. The Morgan fingerprint density at radius 2 is 1.81 bits per heavy atom. The molecule has 1 fully saturated rings. The van der Waals surface area contributed by atoms with E-state index in [-0.39, 0.29) is 16.8 Å². The van der Waals surface area contributed by atoms with Crippen LogP contribution in [0.25, 0.3) is 0 Å². The average molecular weight is 449 g/mol. The van der Waals surface area contributed by atoms with Crippen molar-refractivity contribution in [2.75, 3.05) is 20.2 Å². The second kappa shape index (κ2) is 10.7. The number of rotatable bonds is 8. The van der Waals surface area contributed by atoms with Crippen LogP contribution in [0.15, 0.2) is 52.4 Å². The number of sulfonamides is 1. The molecule has 7 nitrogen and oxygen atoms in total. The molecule has 2 aromatic carbocycles. The lowest BCUT2D eigenvalue weighted by Gasteiger charge is -2.13. The summed E-state index contributed by atoms with van der Waals surface area (Å²) >= 11 is 0. The molecule has 1 heterocycles. The third-order valence-corrected chi connectivity index (χ3v) is 6.56. The Morgan fingerprint density at radius 1 is 1.13 bits per heavy atom. The zero-order valence-corrected chi connectivity index (χ0v) is 18.6. The minimum absolute atomic E-state index is 0.0451. The topological polar surface area (TPSA) is 91.8 Å². The van der Waals surface area contributed by atoms with E-state index >= 15 is 0 Å². The van der Waals surface area contributed by atoms with Gasteiger partial charge >= 0.3 is 0 Å². The van der Waals surface area contributed by atoms with E-state index in [9.17, 15) is 12.8 Å². The second-order valence-corrected chi connectivity index (χ2v) is 9.26. The molecule has 2 aromatic rings. The van der Waals surface area contributed by atoms with Gasteiger partial charge in [0.1, 0.15) is 5.82 Å². The summed E-state index contributed by atoms with van der Waals surface area (Å²) < 4.78 is 46.3. The van der Waals surface area contributed by atoms with Gasteiger partial charge in [-0.05, 0) is 54.7 Å². The van der Waals surface area contributed by atoms with Crippen LogP contribution < -0.4 is 15.4 Å². The Hall–Kier alpha value is -2.49. The molecule has 168 valence electrons. The van der Waals surface area contributed by atoms with Crippen molar-refractivity contribution >= 4 is 16.0 Å². The second-order valence-electron chi connectivity index (χ2n) is 7.49. The van der Waals surface area contributed by atoms with Gasteiger partial charge in [0.25, 0.3) is 0 Å². The van der Waals surface area contributed by atoms with E-state index in [0.29, 0.717) is 37.8 Å². The van der Waals surface area contributed by atoms with Gasteiger partial charge in [0.2, 0.25) is 10.0 Å². The van der Waals surface area contributed by atoms with E-state index in [0.717, 1.165) is 24.0 Å². The fourth-order valence-electron chi connectivity index (χ4n) is 3.29. The van der Waals surface area contributed by atoms with Crippen LogP contribution in [-0.4, -0.2) is 40.7 Å². The molecule has 0 spiro atoms. The van der Waals surface area contributed by atoms with E-state index in [2.05, 4.69) is 20.3 Å². The monoisotopic (exact) mass is 448 g/mol. The summed E-state index contributed by atoms with van der Waals surface area (Å²) in [7, 11) is -1.89. The first kappa shape index (κ1) is 23.2. The van der Waals surface area contributed by atoms with Gasteiger partial charge in [-0.2, -0.15) is 0 Å². The average Bonchev–Trinajstić information content (AvgIpc) is 3.29. The Balaban J connectivity index is 1.49. The van der Waals surface area contributed by atoms with Crippen LogP contribution >= 0.6 is 0 Å². The first-order valence-corrected chi connectivity index (χ1v) is 11.8. The molecule has 1 aliphatic rings. The molecule has 0 radical (unpaired) electrons. The number of aryl methyl sites for hydroxylation is 1. The van der Waals surface area contributed by atoms with Gasteiger partial charge in [-0.25, -0.2) is 17.5 Å². The smallest absolute Gasteiger partial charge is 0.240 e. The van der Waals surface area contributed by atoms with Crippen LogP contribution in [-0.2, 0) is 27.8 Å². The quantitative estimate of drug-likeness (QED) is 0.426. The van der Waals surface area contributed by atoms with Gasteiger partial charge in [-0.3, -0.25) is 4.99 Å². The van der Waals surface area contributed by atoms with E-state index in [4.69, 9.17) is 4.74 Å². The van der Waals surface area contributed by atoms with Gasteiger partial charge in [-0.15, -0.1) is 0 Å². The molecule has 31 heavy (non-hydrogen) atoms. The van der Waals surface area contributed by atoms with Crippen LogP contribution in [0.1, 0.15) is 29.5 Å². The van der Waals surface area contributed by atoms with Crippen LogP contribution in [0.3, 0.4) is 0 Å². The van der Waals surface area contributed by atoms with Crippen LogP contribution in [0.4, 0.5) is 4.39 Å². The summed E-state index contributed by atoms with van der Waals surface area (Å²) in [5, 5.41) is 6.37. The molecule has 1 saturated heterocycles. The van der Waals surface area contributed by atoms with Gasteiger partial charge in [0.15, 0.2) is 5.96 Å². The summed E-state index contributed by atoms with van der Waals surface area (Å²) in [5.74, 6) is 0.371. The number of benzene rings is 2. The normalized spacial score (nSPS) is 17.0. The first-order chi connectivity index (χ1) is 14.9. The zero-order valence-electron chi connectivity index (χ0n) is 17.8. The number of nitrogens with one attached hydrogen (secondary N) is 3. The van der Waals surface area contributed by atoms with Crippen LogP contribution in [0.2, 0.25) is 0 Å². The van der Waals surface area contributed by atoms with Gasteiger partial charge in [-0.1, -0.05) is 24.3 Å². The lowest BCUT2D eigenvalue weighted by Crippen LogP contribution is -2.36. The van der Waals surface area contributed by atoms with Crippen molar-refractivity contribution in [2.24, 2.45) is 4.99 Å². The number of nitrogens with zero attached hydrogens (tertiary/aromatic N) is 1. The Morgan fingerprint density at radius 3 is 2.42 bits per heavy atom. The summed E-state index contributed by atoms with van der Waals surface area (Å²) in [6, 6.07) is 11.7. The molecule has 0 amide bonds. The Labute approximate surface area is 183 Å². The van der Waals surface area contributed by atoms with Crippen LogP contribution in [0.5, 0.6) is 0 Å². The molecule has 1 atom stereocenters. The number of hydrogen-bond donors (Lipinski definition) is 3. The lowest BCUT2D eigenvalue weighted by atomic mass is 10.1. The number of hydrogen-bond acceptors (Lipinski definition) is 4. The predicted octanol–water partition coefficient (Wildman–Crippen LogP) is 2.46. The fraction of sp³-hybridized carbons (Fsp3) is 0.409. The maximum absolute atomic E-state index is 13.4. The highest BCUT2D eigenvalue weighted by atomic mass is 32.2. The van der Waals surface area contributed by atoms with Gasteiger partial charge in [0, 0.05) is 33.3 Å². The van der Waals surface area contributed by atoms with E-state index in [1.165, 1.54) is 6.07 Å². The molecule has 0 aliphatic carbocycles. The number of halogens is 1. The molecular formula is C22H29FN4O3S. The van der Waals surface area contributed by atoms with E-state index in [1.807, 2.05) is 0 Å². The largest absolute Gasteiger partial charge is 0.377 e. The molecule has 0 saturated carbocycles. The van der Waals surface area contributed by atoms with Gasteiger partial charge in [0.05, 0.1) is 11.0 Å². The third-order valence-electron chi connectivity index (χ3n) is 5.12. The Kier molecular flexibility index (Phi) is 8.00. The van der Waals surface area contributed by atoms with Crippen molar-refractivity contribution < 1.29 is 17.5 Å². The molecule has 1 aliphatic heterocycles. The standard InChI is InChI=1S/C22H29FN4O3S/c1-16-12-18(7-10-21(16)23)14-26-22(24-2)25-13-17-5-8-20(9-6-17)31(28,29)27-15-19-4-3-11-30-19/h5-10,12,19,27H,3-4,11,13-15H2,1-2H3,(H2,24,25,26). The molecule has 0 bridgehead atoms. The maximum Gasteiger partial charge on any atom is 0.240 e. The van der Waals surface area contributed by atoms with E-state index < -0.39 is 10.0 Å². The summed E-state index contributed by atoms with van der Waals surface area (Å²) in [6.45, 7) is 3.70. The van der Waals surface area contributed by atoms with Crippen molar-refractivity contribution in [2.45, 2.75) is 43.9 Å². The highest BCUT2D eigenvalue weighted by molar-refractivity contribution is 7.89. The highest BCUT2D eigenvalue weighted by Gasteiger charge is 2.20. The molecule has 9 heteroatoms. The molecule has 1 unspecified atom stereocenters. The third kappa shape index (κ3) is 6.75. The molecule has 3 rings (SSSR count). The Bertz CT molecular complexity index is 1000. The zero-order chi connectivity index (χ0) is 22.3. The number of guanidine groups is 1. The van der Waals surface area contributed by atoms with Crippen molar-refractivity contribution in [1.82, 2.24) is 15.4 Å². The van der Waals surface area contributed by atoms with Gasteiger partial charge < -0.3 is 15.4 Å². The van der Waals surface area contributed by atoms with Crippen molar-refractivity contribution in [1.29, 1.82) is 0 Å².